The van der Waals surface area contributed by atoms with Crippen LogP contribution in [0, 0.1) is 0 Å². The van der Waals surface area contributed by atoms with E-state index in [0.29, 0.717) is 5.92 Å². The fourth-order valence-electron chi connectivity index (χ4n) is 2.65. The standard InChI is InChI=1S/C16H24O2/c1-2-3-12-18-14-10-8-13(9-11-14)15-6-4-5-7-16(15)17/h8-11,15-17H,2-7,12H2,1H3. The van der Waals surface area contributed by atoms with E-state index in [1.54, 1.807) is 0 Å². The van der Waals surface area contributed by atoms with Gasteiger partial charge in [0.05, 0.1) is 12.7 Å². The van der Waals surface area contributed by atoms with Crippen LogP contribution in [0.4, 0.5) is 0 Å². The highest BCUT2D eigenvalue weighted by Crippen LogP contribution is 2.33. The number of ether oxygens (including phenoxy) is 1. The van der Waals surface area contributed by atoms with Gasteiger partial charge in [0.15, 0.2) is 0 Å². The summed E-state index contributed by atoms with van der Waals surface area (Å²) in [6, 6.07) is 8.29. The summed E-state index contributed by atoms with van der Waals surface area (Å²) in [4.78, 5) is 0. The maximum atomic E-state index is 10.0. The Hall–Kier alpha value is -1.02. The van der Waals surface area contributed by atoms with Gasteiger partial charge in [-0.1, -0.05) is 38.3 Å². The lowest BCUT2D eigenvalue weighted by atomic mass is 9.82. The molecule has 2 unspecified atom stereocenters. The zero-order valence-electron chi connectivity index (χ0n) is 11.3. The molecule has 1 fully saturated rings. The Balaban J connectivity index is 1.94. The molecule has 0 bridgehead atoms. The van der Waals surface area contributed by atoms with Gasteiger partial charge in [0.2, 0.25) is 0 Å². The van der Waals surface area contributed by atoms with Crippen LogP contribution in [-0.2, 0) is 0 Å². The van der Waals surface area contributed by atoms with E-state index in [0.717, 1.165) is 44.5 Å². The monoisotopic (exact) mass is 248 g/mol. The van der Waals surface area contributed by atoms with Crippen molar-refractivity contribution in [3.63, 3.8) is 0 Å². The van der Waals surface area contributed by atoms with Crippen LogP contribution in [0.1, 0.15) is 56.9 Å². The quantitative estimate of drug-likeness (QED) is 0.801. The van der Waals surface area contributed by atoms with Crippen molar-refractivity contribution >= 4 is 0 Å². The minimum atomic E-state index is -0.161. The number of aliphatic hydroxyl groups excluding tert-OH is 1. The van der Waals surface area contributed by atoms with E-state index in [9.17, 15) is 5.11 Å². The molecular weight excluding hydrogens is 224 g/mol. The first-order chi connectivity index (χ1) is 8.81. The predicted octanol–water partition coefficient (Wildman–Crippen LogP) is 3.88. The zero-order valence-corrected chi connectivity index (χ0v) is 11.3. The van der Waals surface area contributed by atoms with Crippen molar-refractivity contribution in [2.45, 2.75) is 57.5 Å². The molecule has 1 aromatic carbocycles. The molecule has 1 aromatic rings. The van der Waals surface area contributed by atoms with Gasteiger partial charge >= 0.3 is 0 Å². The summed E-state index contributed by atoms with van der Waals surface area (Å²) in [6.07, 6.45) is 6.55. The summed E-state index contributed by atoms with van der Waals surface area (Å²) >= 11 is 0. The first-order valence-corrected chi connectivity index (χ1v) is 7.22. The maximum absolute atomic E-state index is 10.0. The van der Waals surface area contributed by atoms with E-state index < -0.39 is 0 Å². The summed E-state index contributed by atoms with van der Waals surface area (Å²) in [5, 5.41) is 10.0. The van der Waals surface area contributed by atoms with Gasteiger partial charge in [0, 0.05) is 5.92 Å². The minimum absolute atomic E-state index is 0.161. The van der Waals surface area contributed by atoms with Crippen molar-refractivity contribution in [2.75, 3.05) is 6.61 Å². The molecule has 0 aliphatic heterocycles. The lowest BCUT2D eigenvalue weighted by Gasteiger charge is -2.28. The molecule has 0 heterocycles. The molecule has 0 amide bonds. The van der Waals surface area contributed by atoms with E-state index in [4.69, 9.17) is 4.74 Å². The Labute approximate surface area is 110 Å². The van der Waals surface area contributed by atoms with Crippen LogP contribution >= 0.6 is 0 Å². The largest absolute Gasteiger partial charge is 0.494 e. The third-order valence-corrected chi connectivity index (χ3v) is 3.80. The highest BCUT2D eigenvalue weighted by atomic mass is 16.5. The number of benzene rings is 1. The lowest BCUT2D eigenvalue weighted by Crippen LogP contribution is -2.22. The normalized spacial score (nSPS) is 23.9. The summed E-state index contributed by atoms with van der Waals surface area (Å²) in [5.74, 6) is 1.26. The smallest absolute Gasteiger partial charge is 0.119 e. The molecule has 1 N–H and O–H groups in total. The molecular formula is C16H24O2. The van der Waals surface area contributed by atoms with Gasteiger partial charge < -0.3 is 9.84 Å². The Morgan fingerprint density at radius 1 is 1.17 bits per heavy atom. The molecule has 0 radical (unpaired) electrons. The summed E-state index contributed by atoms with van der Waals surface area (Å²) < 4.78 is 5.65. The Bertz CT molecular complexity index is 345. The SMILES string of the molecule is CCCCOc1ccc(C2CCCCC2O)cc1. The second-order valence-corrected chi connectivity index (χ2v) is 5.23. The van der Waals surface area contributed by atoms with Gasteiger partial charge in [-0.2, -0.15) is 0 Å². The summed E-state index contributed by atoms with van der Waals surface area (Å²) in [5.41, 5.74) is 1.25. The van der Waals surface area contributed by atoms with Gasteiger partial charge in [-0.05, 0) is 37.0 Å². The molecule has 0 spiro atoms. The van der Waals surface area contributed by atoms with E-state index in [1.807, 2.05) is 12.1 Å². The van der Waals surface area contributed by atoms with Crippen LogP contribution in [0.2, 0.25) is 0 Å². The summed E-state index contributed by atoms with van der Waals surface area (Å²) in [7, 11) is 0. The van der Waals surface area contributed by atoms with Crippen molar-refractivity contribution in [1.82, 2.24) is 0 Å². The molecule has 18 heavy (non-hydrogen) atoms. The number of unbranched alkanes of at least 4 members (excludes halogenated alkanes) is 1. The molecule has 2 atom stereocenters. The first kappa shape index (κ1) is 13.4. The average molecular weight is 248 g/mol. The van der Waals surface area contributed by atoms with Crippen LogP contribution in [-0.4, -0.2) is 17.8 Å². The van der Waals surface area contributed by atoms with Crippen molar-refractivity contribution in [3.8, 4) is 5.75 Å². The Morgan fingerprint density at radius 2 is 1.89 bits per heavy atom. The number of rotatable bonds is 5. The van der Waals surface area contributed by atoms with Crippen molar-refractivity contribution < 1.29 is 9.84 Å². The maximum Gasteiger partial charge on any atom is 0.119 e. The molecule has 1 saturated carbocycles. The third-order valence-electron chi connectivity index (χ3n) is 3.80. The van der Waals surface area contributed by atoms with E-state index >= 15 is 0 Å². The highest BCUT2D eigenvalue weighted by molar-refractivity contribution is 5.30. The number of hydrogen-bond acceptors (Lipinski definition) is 2. The van der Waals surface area contributed by atoms with Crippen LogP contribution in [0.15, 0.2) is 24.3 Å². The minimum Gasteiger partial charge on any atom is -0.494 e. The molecule has 1 aliphatic rings. The van der Waals surface area contributed by atoms with Crippen molar-refractivity contribution in [1.29, 1.82) is 0 Å². The highest BCUT2D eigenvalue weighted by Gasteiger charge is 2.24. The van der Waals surface area contributed by atoms with Crippen molar-refractivity contribution in [3.05, 3.63) is 29.8 Å². The van der Waals surface area contributed by atoms with Crippen LogP contribution < -0.4 is 4.74 Å². The Kier molecular flexibility index (Phi) is 5.06. The Morgan fingerprint density at radius 3 is 2.56 bits per heavy atom. The number of hydrogen-bond donors (Lipinski definition) is 1. The fourth-order valence-corrected chi connectivity index (χ4v) is 2.65. The molecule has 0 saturated heterocycles. The van der Waals surface area contributed by atoms with Gasteiger partial charge in [-0.25, -0.2) is 0 Å². The van der Waals surface area contributed by atoms with Gasteiger partial charge in [0.25, 0.3) is 0 Å². The molecule has 1 aliphatic carbocycles. The van der Waals surface area contributed by atoms with Crippen molar-refractivity contribution in [2.24, 2.45) is 0 Å². The molecule has 2 nitrogen and oxygen atoms in total. The second-order valence-electron chi connectivity index (χ2n) is 5.23. The topological polar surface area (TPSA) is 29.5 Å². The molecule has 0 aromatic heterocycles. The van der Waals surface area contributed by atoms with E-state index in [2.05, 4.69) is 19.1 Å². The molecule has 2 rings (SSSR count). The second kappa shape index (κ2) is 6.79. The van der Waals surface area contributed by atoms with Gasteiger partial charge in [0.1, 0.15) is 5.75 Å². The lowest BCUT2D eigenvalue weighted by molar-refractivity contribution is 0.106. The average Bonchev–Trinajstić information content (AvgIpc) is 2.41. The predicted molar refractivity (Wildman–Crippen MR) is 74.1 cm³/mol. The van der Waals surface area contributed by atoms with E-state index in [1.165, 1.54) is 12.0 Å². The zero-order chi connectivity index (χ0) is 12.8. The van der Waals surface area contributed by atoms with Crippen LogP contribution in [0.3, 0.4) is 0 Å². The van der Waals surface area contributed by atoms with Gasteiger partial charge in [-0.15, -0.1) is 0 Å². The van der Waals surface area contributed by atoms with Crippen LogP contribution in [0.5, 0.6) is 5.75 Å². The van der Waals surface area contributed by atoms with Gasteiger partial charge in [-0.3, -0.25) is 0 Å². The summed E-state index contributed by atoms with van der Waals surface area (Å²) in [6.45, 7) is 2.96. The first-order valence-electron chi connectivity index (χ1n) is 7.22. The molecule has 100 valence electrons. The number of aliphatic hydroxyl groups is 1. The van der Waals surface area contributed by atoms with Crippen LogP contribution in [0.25, 0.3) is 0 Å². The molecule has 2 heteroatoms. The van der Waals surface area contributed by atoms with E-state index in [-0.39, 0.29) is 6.10 Å². The fraction of sp³-hybridized carbons (Fsp3) is 0.625. The third kappa shape index (κ3) is 3.49.